The van der Waals surface area contributed by atoms with E-state index in [9.17, 15) is 26.3 Å². The predicted molar refractivity (Wildman–Crippen MR) is 68.3 cm³/mol. The van der Waals surface area contributed by atoms with Gasteiger partial charge in [-0.05, 0) is 29.8 Å². The lowest BCUT2D eigenvalue weighted by Gasteiger charge is -2.15. The van der Waals surface area contributed by atoms with Gasteiger partial charge in [0.05, 0.1) is 17.2 Å². The average Bonchev–Trinajstić information content (AvgIpc) is 2.44. The Morgan fingerprint density at radius 3 is 2.09 bits per heavy atom. The van der Waals surface area contributed by atoms with Crippen LogP contribution in [0.15, 0.2) is 42.5 Å². The van der Waals surface area contributed by atoms with E-state index >= 15 is 0 Å². The minimum Gasteiger partial charge on any atom is -0.406 e. The molecule has 0 heterocycles. The van der Waals surface area contributed by atoms with Crippen LogP contribution in [0, 0.1) is 11.3 Å². The van der Waals surface area contributed by atoms with Crippen molar-refractivity contribution in [3.63, 3.8) is 0 Å². The van der Waals surface area contributed by atoms with Crippen LogP contribution in [0.2, 0.25) is 0 Å². The number of rotatable bonds is 2. The maximum Gasteiger partial charge on any atom is 0.573 e. The Balaban J connectivity index is 2.64. The predicted octanol–water partition coefficient (Wildman–Crippen LogP) is 5.14. The largest absolute Gasteiger partial charge is 0.573 e. The van der Waals surface area contributed by atoms with E-state index in [1.807, 2.05) is 0 Å². The summed E-state index contributed by atoms with van der Waals surface area (Å²) in [5.74, 6) is -0.705. The van der Waals surface area contributed by atoms with Crippen LogP contribution in [0.3, 0.4) is 0 Å². The summed E-state index contributed by atoms with van der Waals surface area (Å²) < 4.78 is 79.6. The summed E-state index contributed by atoms with van der Waals surface area (Å²) in [6, 6.07) is 8.57. The molecule has 0 radical (unpaired) electrons. The number of ether oxygens (including phenoxy) is 1. The molecule has 2 aromatic carbocycles. The Bertz CT molecular complexity index is 758. The highest BCUT2D eigenvalue weighted by Crippen LogP contribution is 2.39. The third-order valence-corrected chi connectivity index (χ3v) is 2.87. The van der Waals surface area contributed by atoms with E-state index in [0.29, 0.717) is 0 Å². The fourth-order valence-electron chi connectivity index (χ4n) is 2.01. The van der Waals surface area contributed by atoms with Crippen molar-refractivity contribution in [2.45, 2.75) is 12.5 Å². The molecule has 0 aromatic heterocycles. The molecule has 0 aliphatic heterocycles. The van der Waals surface area contributed by atoms with Crippen LogP contribution in [0.25, 0.3) is 11.1 Å². The average molecular weight is 331 g/mol. The highest BCUT2D eigenvalue weighted by Gasteiger charge is 2.34. The molecular formula is C15H7F6NO. The monoisotopic (exact) mass is 331 g/mol. The third kappa shape index (κ3) is 3.94. The molecule has 120 valence electrons. The van der Waals surface area contributed by atoms with E-state index < -0.39 is 29.4 Å². The van der Waals surface area contributed by atoms with E-state index in [0.717, 1.165) is 36.4 Å². The molecule has 0 fully saturated rings. The SMILES string of the molecule is N#Cc1ccc(OC(F)(F)F)cc1-c1ccccc1C(F)(F)F. The fraction of sp³-hybridized carbons (Fsp3) is 0.133. The molecule has 0 saturated carbocycles. The Morgan fingerprint density at radius 1 is 0.870 bits per heavy atom. The topological polar surface area (TPSA) is 33.0 Å². The zero-order valence-corrected chi connectivity index (χ0v) is 11.2. The van der Waals surface area contributed by atoms with Gasteiger partial charge in [-0.15, -0.1) is 13.2 Å². The maximum atomic E-state index is 13.0. The molecule has 0 amide bonds. The Labute approximate surface area is 126 Å². The molecule has 2 aromatic rings. The highest BCUT2D eigenvalue weighted by molar-refractivity contribution is 5.75. The first-order valence-electron chi connectivity index (χ1n) is 6.08. The Morgan fingerprint density at radius 2 is 1.52 bits per heavy atom. The lowest BCUT2D eigenvalue weighted by molar-refractivity contribution is -0.274. The van der Waals surface area contributed by atoms with Crippen LogP contribution in [-0.2, 0) is 6.18 Å². The number of hydrogen-bond acceptors (Lipinski definition) is 2. The van der Waals surface area contributed by atoms with Crippen LogP contribution in [0.5, 0.6) is 5.75 Å². The summed E-state index contributed by atoms with van der Waals surface area (Å²) in [6.45, 7) is 0. The van der Waals surface area contributed by atoms with Gasteiger partial charge in [0.2, 0.25) is 0 Å². The number of alkyl halides is 6. The summed E-state index contributed by atoms with van der Waals surface area (Å²) >= 11 is 0. The van der Waals surface area contributed by atoms with Crippen molar-refractivity contribution in [3.8, 4) is 22.9 Å². The lowest BCUT2D eigenvalue weighted by atomic mass is 9.95. The molecule has 2 nitrogen and oxygen atoms in total. The lowest BCUT2D eigenvalue weighted by Crippen LogP contribution is -2.17. The van der Waals surface area contributed by atoms with Gasteiger partial charge in [0.15, 0.2) is 0 Å². The second-order valence-corrected chi connectivity index (χ2v) is 4.41. The zero-order chi connectivity index (χ0) is 17.3. The number of benzene rings is 2. The van der Waals surface area contributed by atoms with Crippen molar-refractivity contribution in [1.29, 1.82) is 5.26 Å². The summed E-state index contributed by atoms with van der Waals surface area (Å²) in [6.07, 6.45) is -9.71. The van der Waals surface area contributed by atoms with Gasteiger partial charge in [0, 0.05) is 5.56 Å². The van der Waals surface area contributed by atoms with Crippen molar-refractivity contribution in [2.75, 3.05) is 0 Å². The van der Waals surface area contributed by atoms with Gasteiger partial charge >= 0.3 is 12.5 Å². The number of nitriles is 1. The van der Waals surface area contributed by atoms with Crippen molar-refractivity contribution in [2.24, 2.45) is 0 Å². The number of nitrogens with zero attached hydrogens (tertiary/aromatic N) is 1. The molecule has 8 heteroatoms. The molecule has 0 saturated heterocycles. The van der Waals surface area contributed by atoms with E-state index in [-0.39, 0.29) is 11.1 Å². The summed E-state index contributed by atoms with van der Waals surface area (Å²) in [4.78, 5) is 0. The van der Waals surface area contributed by atoms with Gasteiger partial charge in [-0.25, -0.2) is 0 Å². The molecule has 0 N–H and O–H groups in total. The van der Waals surface area contributed by atoms with E-state index in [1.165, 1.54) is 6.07 Å². The first-order chi connectivity index (χ1) is 10.6. The molecular weight excluding hydrogens is 324 g/mol. The molecule has 0 aliphatic rings. The van der Waals surface area contributed by atoms with Crippen LogP contribution in [-0.4, -0.2) is 6.36 Å². The molecule has 0 aliphatic carbocycles. The van der Waals surface area contributed by atoms with Gasteiger partial charge < -0.3 is 4.74 Å². The van der Waals surface area contributed by atoms with Crippen molar-refractivity contribution in [3.05, 3.63) is 53.6 Å². The van der Waals surface area contributed by atoms with Gasteiger partial charge in [-0.1, -0.05) is 18.2 Å². The minimum absolute atomic E-state index is 0.198. The third-order valence-electron chi connectivity index (χ3n) is 2.87. The second-order valence-electron chi connectivity index (χ2n) is 4.41. The number of hydrogen-bond donors (Lipinski definition) is 0. The zero-order valence-electron chi connectivity index (χ0n) is 11.2. The molecule has 0 bridgehead atoms. The van der Waals surface area contributed by atoms with E-state index in [2.05, 4.69) is 4.74 Å². The maximum absolute atomic E-state index is 13.0. The second kappa shape index (κ2) is 5.83. The van der Waals surface area contributed by atoms with E-state index in [1.54, 1.807) is 6.07 Å². The normalized spacial score (nSPS) is 11.9. The summed E-state index contributed by atoms with van der Waals surface area (Å²) in [5.41, 5.74) is -1.94. The molecule has 2 rings (SSSR count). The Hall–Kier alpha value is -2.69. The van der Waals surface area contributed by atoms with Crippen molar-refractivity contribution in [1.82, 2.24) is 0 Å². The first kappa shape index (κ1) is 16.7. The smallest absolute Gasteiger partial charge is 0.406 e. The molecule has 23 heavy (non-hydrogen) atoms. The Kier molecular flexibility index (Phi) is 4.23. The van der Waals surface area contributed by atoms with Crippen LogP contribution >= 0.6 is 0 Å². The van der Waals surface area contributed by atoms with Gasteiger partial charge in [-0.3, -0.25) is 0 Å². The molecule has 0 spiro atoms. The fourth-order valence-corrected chi connectivity index (χ4v) is 2.01. The highest BCUT2D eigenvalue weighted by atomic mass is 19.4. The van der Waals surface area contributed by atoms with Gasteiger partial charge in [0.25, 0.3) is 0 Å². The van der Waals surface area contributed by atoms with E-state index in [4.69, 9.17) is 5.26 Å². The first-order valence-corrected chi connectivity index (χ1v) is 6.08. The standard InChI is InChI=1S/C15H7F6NO/c16-14(17,18)13-4-2-1-3-11(13)12-7-10(23-15(19,20)21)6-5-9(12)8-22/h1-7H. The van der Waals surface area contributed by atoms with Crippen LogP contribution in [0.4, 0.5) is 26.3 Å². The number of halogens is 6. The van der Waals surface area contributed by atoms with Crippen LogP contribution in [0.1, 0.15) is 11.1 Å². The molecule has 0 atom stereocenters. The molecule has 0 unspecified atom stereocenters. The summed E-state index contributed by atoms with van der Waals surface area (Å²) in [5, 5.41) is 9.00. The van der Waals surface area contributed by atoms with Crippen molar-refractivity contribution < 1.29 is 31.1 Å². The van der Waals surface area contributed by atoms with Gasteiger partial charge in [0.1, 0.15) is 5.75 Å². The van der Waals surface area contributed by atoms with Crippen LogP contribution < -0.4 is 4.74 Å². The van der Waals surface area contributed by atoms with Gasteiger partial charge in [-0.2, -0.15) is 18.4 Å². The van der Waals surface area contributed by atoms with Crippen molar-refractivity contribution >= 4 is 0 Å². The minimum atomic E-state index is -4.99. The summed E-state index contributed by atoms with van der Waals surface area (Å²) in [7, 11) is 0. The quantitative estimate of drug-likeness (QED) is 0.714.